The van der Waals surface area contributed by atoms with Crippen molar-refractivity contribution in [1.82, 2.24) is 24.7 Å². The van der Waals surface area contributed by atoms with E-state index < -0.39 is 0 Å². The Kier molecular flexibility index (Phi) is 7.13. The van der Waals surface area contributed by atoms with Crippen molar-refractivity contribution in [1.29, 1.82) is 0 Å². The predicted molar refractivity (Wildman–Crippen MR) is 130 cm³/mol. The van der Waals surface area contributed by atoms with Crippen molar-refractivity contribution in [3.8, 4) is 22.5 Å². The number of halogens is 1. The zero-order valence-corrected chi connectivity index (χ0v) is 19.8. The maximum Gasteiger partial charge on any atom is 0.187 e. The van der Waals surface area contributed by atoms with Crippen LogP contribution < -0.4 is 0 Å². The number of rotatable bonds is 8. The Hall–Kier alpha value is -2.88. The van der Waals surface area contributed by atoms with Crippen LogP contribution in [0.5, 0.6) is 0 Å². The summed E-state index contributed by atoms with van der Waals surface area (Å²) in [6, 6.07) is 10.2. The van der Waals surface area contributed by atoms with Gasteiger partial charge in [-0.2, -0.15) is 5.10 Å². The first kappa shape index (κ1) is 22.9. The van der Waals surface area contributed by atoms with Gasteiger partial charge in [-0.25, -0.2) is 19.3 Å². The Morgan fingerprint density at radius 3 is 2.85 bits per heavy atom. The van der Waals surface area contributed by atoms with Gasteiger partial charge in [-0.05, 0) is 68.3 Å². The molecular formula is C25H26FN5O2S. The number of ether oxygens (including phenoxy) is 2. The molecule has 5 rings (SSSR count). The summed E-state index contributed by atoms with van der Waals surface area (Å²) in [5, 5.41) is 6.28. The predicted octanol–water partition coefficient (Wildman–Crippen LogP) is 5.35. The SMILES string of the molecule is CSc1nccc(-c2cc3cn(CCCOC4CCCCO4)nc3nc2-c2ccc(F)cc2)n1. The first-order valence-corrected chi connectivity index (χ1v) is 12.7. The molecule has 1 unspecified atom stereocenters. The van der Waals surface area contributed by atoms with Gasteiger partial charge >= 0.3 is 0 Å². The molecule has 0 radical (unpaired) electrons. The van der Waals surface area contributed by atoms with E-state index in [0.29, 0.717) is 29.6 Å². The highest BCUT2D eigenvalue weighted by Gasteiger charge is 2.16. The smallest absolute Gasteiger partial charge is 0.187 e. The van der Waals surface area contributed by atoms with E-state index in [1.54, 1.807) is 18.3 Å². The maximum atomic E-state index is 13.6. The molecule has 34 heavy (non-hydrogen) atoms. The molecule has 1 atom stereocenters. The van der Waals surface area contributed by atoms with Crippen LogP contribution in [-0.2, 0) is 16.0 Å². The number of fused-ring (bicyclic) bond motifs is 1. The number of thioether (sulfide) groups is 1. The van der Waals surface area contributed by atoms with Crippen LogP contribution >= 0.6 is 11.8 Å². The zero-order valence-electron chi connectivity index (χ0n) is 19.0. The lowest BCUT2D eigenvalue weighted by Crippen LogP contribution is -2.23. The van der Waals surface area contributed by atoms with Crippen molar-refractivity contribution < 1.29 is 13.9 Å². The van der Waals surface area contributed by atoms with E-state index in [-0.39, 0.29) is 12.1 Å². The summed E-state index contributed by atoms with van der Waals surface area (Å²) >= 11 is 1.48. The topological polar surface area (TPSA) is 75.0 Å². The molecule has 0 bridgehead atoms. The molecule has 1 fully saturated rings. The molecule has 4 heterocycles. The van der Waals surface area contributed by atoms with Crippen LogP contribution in [0.15, 0.2) is 53.9 Å². The second kappa shape index (κ2) is 10.6. The van der Waals surface area contributed by atoms with Crippen LogP contribution in [0.2, 0.25) is 0 Å². The molecule has 9 heteroatoms. The molecule has 0 spiro atoms. The van der Waals surface area contributed by atoms with Crippen molar-refractivity contribution in [3.63, 3.8) is 0 Å². The van der Waals surface area contributed by atoms with Crippen molar-refractivity contribution in [2.75, 3.05) is 19.5 Å². The summed E-state index contributed by atoms with van der Waals surface area (Å²) in [6.07, 6.45) is 9.66. The number of nitrogens with zero attached hydrogens (tertiary/aromatic N) is 5. The molecule has 1 aliphatic rings. The minimum absolute atomic E-state index is 0.0769. The van der Waals surface area contributed by atoms with E-state index in [9.17, 15) is 4.39 Å². The van der Waals surface area contributed by atoms with Gasteiger partial charge in [0.05, 0.1) is 18.0 Å². The van der Waals surface area contributed by atoms with E-state index in [0.717, 1.165) is 54.5 Å². The van der Waals surface area contributed by atoms with E-state index >= 15 is 0 Å². The van der Waals surface area contributed by atoms with Crippen LogP contribution in [0, 0.1) is 5.82 Å². The molecule has 0 amide bonds. The zero-order chi connectivity index (χ0) is 23.3. The summed E-state index contributed by atoms with van der Waals surface area (Å²) in [6.45, 7) is 2.12. The second-order valence-electron chi connectivity index (χ2n) is 8.15. The number of benzene rings is 1. The quantitative estimate of drug-likeness (QED) is 0.192. The molecule has 1 aliphatic heterocycles. The van der Waals surface area contributed by atoms with Gasteiger partial charge in [0.2, 0.25) is 0 Å². The lowest BCUT2D eigenvalue weighted by Gasteiger charge is -2.22. The maximum absolute atomic E-state index is 13.6. The Morgan fingerprint density at radius 2 is 2.06 bits per heavy atom. The summed E-state index contributed by atoms with van der Waals surface area (Å²) in [4.78, 5) is 13.8. The van der Waals surface area contributed by atoms with Gasteiger partial charge < -0.3 is 9.47 Å². The largest absolute Gasteiger partial charge is 0.353 e. The Morgan fingerprint density at radius 1 is 1.18 bits per heavy atom. The van der Waals surface area contributed by atoms with Crippen molar-refractivity contribution >= 4 is 22.8 Å². The van der Waals surface area contributed by atoms with Crippen molar-refractivity contribution in [2.45, 2.75) is 43.7 Å². The fraction of sp³-hybridized carbons (Fsp3) is 0.360. The fourth-order valence-corrected chi connectivity index (χ4v) is 4.37. The van der Waals surface area contributed by atoms with Crippen LogP contribution in [0.3, 0.4) is 0 Å². The summed E-state index contributed by atoms with van der Waals surface area (Å²) in [5.41, 5.74) is 3.77. The molecule has 0 N–H and O–H groups in total. The summed E-state index contributed by atoms with van der Waals surface area (Å²) < 4.78 is 26.9. The molecule has 4 aromatic rings. The highest BCUT2D eigenvalue weighted by molar-refractivity contribution is 7.98. The number of hydrogen-bond acceptors (Lipinski definition) is 7. The highest BCUT2D eigenvalue weighted by atomic mass is 32.2. The van der Waals surface area contributed by atoms with Gasteiger partial charge in [-0.3, -0.25) is 4.68 Å². The summed E-state index contributed by atoms with van der Waals surface area (Å²) in [7, 11) is 0. The van der Waals surface area contributed by atoms with Gasteiger partial charge in [0.1, 0.15) is 5.82 Å². The average Bonchev–Trinajstić information content (AvgIpc) is 3.29. The molecule has 0 aliphatic carbocycles. The van der Waals surface area contributed by atoms with E-state index in [1.807, 2.05) is 29.3 Å². The summed E-state index contributed by atoms with van der Waals surface area (Å²) in [5.74, 6) is -0.289. The highest BCUT2D eigenvalue weighted by Crippen LogP contribution is 2.33. The monoisotopic (exact) mass is 479 g/mol. The number of pyridine rings is 1. The number of aryl methyl sites for hydroxylation is 1. The Labute approximate surface area is 201 Å². The van der Waals surface area contributed by atoms with E-state index in [2.05, 4.69) is 15.1 Å². The third-order valence-electron chi connectivity index (χ3n) is 5.73. The minimum atomic E-state index is -0.289. The molecule has 3 aromatic heterocycles. The van der Waals surface area contributed by atoms with Gasteiger partial charge in [-0.1, -0.05) is 11.8 Å². The number of hydrogen-bond donors (Lipinski definition) is 0. The average molecular weight is 480 g/mol. The fourth-order valence-electron chi connectivity index (χ4n) is 4.02. The van der Waals surface area contributed by atoms with Crippen molar-refractivity contribution in [3.05, 3.63) is 54.6 Å². The van der Waals surface area contributed by atoms with Crippen LogP contribution in [-0.4, -0.2) is 50.5 Å². The Bertz CT molecular complexity index is 1260. The standard InChI is InChI=1S/C25H26FN5O2S/c1-34-25-27-11-10-21(28-25)20-15-18-16-31(12-4-14-33-22-5-2-3-13-32-22)30-24(18)29-23(20)17-6-8-19(26)9-7-17/h6-11,15-16,22H,2-5,12-14H2,1H3. The molecule has 1 aromatic carbocycles. The lowest BCUT2D eigenvalue weighted by atomic mass is 10.0. The third-order valence-corrected chi connectivity index (χ3v) is 6.29. The lowest BCUT2D eigenvalue weighted by molar-refractivity contribution is -0.163. The van der Waals surface area contributed by atoms with Gasteiger partial charge in [0.25, 0.3) is 0 Å². The third kappa shape index (κ3) is 5.27. The van der Waals surface area contributed by atoms with Gasteiger partial charge in [0, 0.05) is 42.1 Å². The van der Waals surface area contributed by atoms with Gasteiger partial charge in [-0.15, -0.1) is 0 Å². The molecular weight excluding hydrogens is 453 g/mol. The van der Waals surface area contributed by atoms with Crippen LogP contribution in [0.25, 0.3) is 33.5 Å². The molecule has 1 saturated heterocycles. The van der Waals surface area contributed by atoms with E-state index in [1.165, 1.54) is 23.9 Å². The normalized spacial score (nSPS) is 16.2. The van der Waals surface area contributed by atoms with Crippen LogP contribution in [0.1, 0.15) is 25.7 Å². The van der Waals surface area contributed by atoms with Crippen molar-refractivity contribution in [2.24, 2.45) is 0 Å². The Balaban J connectivity index is 1.42. The second-order valence-corrected chi connectivity index (χ2v) is 8.92. The van der Waals surface area contributed by atoms with E-state index in [4.69, 9.17) is 14.5 Å². The van der Waals surface area contributed by atoms with Gasteiger partial charge in [0.15, 0.2) is 17.1 Å². The molecule has 7 nitrogen and oxygen atoms in total. The number of aromatic nitrogens is 5. The molecule has 176 valence electrons. The first-order valence-electron chi connectivity index (χ1n) is 11.4. The van der Waals surface area contributed by atoms with Crippen LogP contribution in [0.4, 0.5) is 4.39 Å². The minimum Gasteiger partial charge on any atom is -0.353 e. The first-order chi connectivity index (χ1) is 16.7. The molecule has 0 saturated carbocycles.